The zero-order chi connectivity index (χ0) is 23.3. The van der Waals surface area contributed by atoms with E-state index in [2.05, 4.69) is 18.2 Å². The number of methoxy groups -OCH3 is 1. The zero-order valence-electron chi connectivity index (χ0n) is 19.6. The van der Waals surface area contributed by atoms with Crippen LogP contribution in [0.15, 0.2) is 46.0 Å². The Morgan fingerprint density at radius 1 is 1.06 bits per heavy atom. The Balaban J connectivity index is 1.84. The lowest BCUT2D eigenvalue weighted by Crippen LogP contribution is -2.43. The predicted molar refractivity (Wildman–Crippen MR) is 129 cm³/mol. The lowest BCUT2D eigenvalue weighted by Gasteiger charge is -2.17. The second-order valence-corrected chi connectivity index (χ2v) is 8.99. The van der Waals surface area contributed by atoms with Crippen molar-refractivity contribution in [3.63, 3.8) is 0 Å². The van der Waals surface area contributed by atoms with Crippen LogP contribution in [-0.4, -0.2) is 33.5 Å². The van der Waals surface area contributed by atoms with Crippen molar-refractivity contribution < 1.29 is 9.47 Å². The summed E-state index contributed by atoms with van der Waals surface area (Å²) in [5.74, 6) is 0.685. The van der Waals surface area contributed by atoms with Crippen LogP contribution >= 0.6 is 0 Å². The summed E-state index contributed by atoms with van der Waals surface area (Å²) >= 11 is 0. The van der Waals surface area contributed by atoms with Gasteiger partial charge in [0, 0.05) is 19.0 Å². The zero-order valence-corrected chi connectivity index (χ0v) is 19.6. The number of hydrogen-bond donors (Lipinski definition) is 0. The second-order valence-electron chi connectivity index (χ2n) is 8.99. The number of rotatable bonds is 5. The van der Waals surface area contributed by atoms with Crippen LogP contribution in [0.25, 0.3) is 21.9 Å². The normalized spacial score (nSPS) is 16.2. The monoisotopic (exact) mass is 447 g/mol. The molecule has 1 atom stereocenters. The highest BCUT2D eigenvalue weighted by Crippen LogP contribution is 2.29. The molecule has 0 radical (unpaired) electrons. The summed E-state index contributed by atoms with van der Waals surface area (Å²) in [7, 11) is 3.49. The topological polar surface area (TPSA) is 67.4 Å². The Morgan fingerprint density at radius 2 is 1.88 bits per heavy atom. The smallest absolute Gasteiger partial charge is 0.331 e. The lowest BCUT2D eigenvalue weighted by atomic mass is 10.1. The van der Waals surface area contributed by atoms with Gasteiger partial charge >= 0.3 is 5.69 Å². The molecule has 2 aromatic carbocycles. The Kier molecular flexibility index (Phi) is 5.37. The van der Waals surface area contributed by atoms with Gasteiger partial charge in [0.05, 0.1) is 37.3 Å². The van der Waals surface area contributed by atoms with Gasteiger partial charge in [-0.2, -0.15) is 0 Å². The molecule has 7 nitrogen and oxygen atoms in total. The number of benzene rings is 2. The molecule has 7 heteroatoms. The second kappa shape index (κ2) is 8.23. The summed E-state index contributed by atoms with van der Waals surface area (Å²) < 4.78 is 16.2. The van der Waals surface area contributed by atoms with E-state index in [0.717, 1.165) is 40.4 Å². The van der Waals surface area contributed by atoms with Crippen LogP contribution in [0.4, 0.5) is 0 Å². The average Bonchev–Trinajstić information content (AvgIpc) is 3.42. The number of ether oxygens (including phenoxy) is 2. The van der Waals surface area contributed by atoms with Crippen LogP contribution in [0.5, 0.6) is 5.75 Å². The van der Waals surface area contributed by atoms with Gasteiger partial charge in [0.2, 0.25) is 0 Å². The number of nitrogens with zero attached hydrogens (tertiary/aromatic N) is 3. The van der Waals surface area contributed by atoms with E-state index in [1.54, 1.807) is 11.7 Å². The summed E-state index contributed by atoms with van der Waals surface area (Å²) in [6.45, 7) is 5.41. The minimum Gasteiger partial charge on any atom is -0.497 e. The summed E-state index contributed by atoms with van der Waals surface area (Å²) in [5, 5.41) is 0.829. The first kappa shape index (κ1) is 21.5. The van der Waals surface area contributed by atoms with E-state index in [9.17, 15) is 9.59 Å². The molecular formula is C26H29N3O4. The molecule has 172 valence electrons. The summed E-state index contributed by atoms with van der Waals surface area (Å²) in [6.07, 6.45) is 1.69. The minimum absolute atomic E-state index is 0.114. The molecule has 33 heavy (non-hydrogen) atoms. The molecule has 1 saturated heterocycles. The maximum Gasteiger partial charge on any atom is 0.331 e. The van der Waals surface area contributed by atoms with Gasteiger partial charge in [-0.1, -0.05) is 23.8 Å². The molecule has 5 rings (SSSR count). The molecule has 1 fully saturated rings. The van der Waals surface area contributed by atoms with Gasteiger partial charge in [-0.05, 0) is 56.0 Å². The summed E-state index contributed by atoms with van der Waals surface area (Å²) in [6, 6.07) is 12.0. The van der Waals surface area contributed by atoms with Crippen LogP contribution < -0.4 is 16.0 Å². The number of fused-ring (bicyclic) bond motifs is 3. The minimum atomic E-state index is -0.306. The number of aromatic nitrogens is 3. The predicted octanol–water partition coefficient (Wildman–Crippen LogP) is 3.51. The van der Waals surface area contributed by atoms with Crippen molar-refractivity contribution in [3.8, 4) is 5.75 Å². The fourth-order valence-corrected chi connectivity index (χ4v) is 4.95. The molecule has 0 N–H and O–H groups in total. The third kappa shape index (κ3) is 3.56. The summed E-state index contributed by atoms with van der Waals surface area (Å²) in [4.78, 5) is 27.5. The molecule has 4 aromatic rings. The van der Waals surface area contributed by atoms with E-state index in [4.69, 9.17) is 9.47 Å². The largest absolute Gasteiger partial charge is 0.497 e. The third-order valence-electron chi connectivity index (χ3n) is 6.80. The van der Waals surface area contributed by atoms with Crippen molar-refractivity contribution in [1.82, 2.24) is 13.7 Å². The molecule has 2 aromatic heterocycles. The van der Waals surface area contributed by atoms with Crippen molar-refractivity contribution >= 4 is 21.9 Å². The Labute approximate surface area is 191 Å². The first-order chi connectivity index (χ1) is 15.9. The lowest BCUT2D eigenvalue weighted by molar-refractivity contribution is 0.0948. The van der Waals surface area contributed by atoms with Gasteiger partial charge < -0.3 is 14.0 Å². The quantitative estimate of drug-likeness (QED) is 0.470. The van der Waals surface area contributed by atoms with Crippen LogP contribution in [0.3, 0.4) is 0 Å². The van der Waals surface area contributed by atoms with Crippen molar-refractivity contribution in [2.75, 3.05) is 13.7 Å². The standard InChI is InChI=1S/C26H29N3O4/c1-16-7-8-17(2)18(12-16)14-28-23-21-13-19(32-4)9-10-22(21)27(3)24(23)25(30)29(26(28)31)15-20-6-5-11-33-20/h7-10,12-13,20H,5-6,11,14-15H2,1-4H3. The van der Waals surface area contributed by atoms with Crippen molar-refractivity contribution in [2.24, 2.45) is 7.05 Å². The highest BCUT2D eigenvalue weighted by Gasteiger charge is 2.24. The van der Waals surface area contributed by atoms with Crippen molar-refractivity contribution in [3.05, 3.63) is 73.9 Å². The van der Waals surface area contributed by atoms with E-state index in [-0.39, 0.29) is 23.9 Å². The average molecular weight is 448 g/mol. The van der Waals surface area contributed by atoms with Gasteiger partial charge in [-0.25, -0.2) is 4.79 Å². The number of aryl methyl sites for hydroxylation is 3. The van der Waals surface area contributed by atoms with Crippen molar-refractivity contribution in [1.29, 1.82) is 0 Å². The molecule has 1 aliphatic heterocycles. The molecule has 0 bridgehead atoms. The first-order valence-corrected chi connectivity index (χ1v) is 11.4. The Morgan fingerprint density at radius 3 is 2.61 bits per heavy atom. The van der Waals surface area contributed by atoms with Crippen LogP contribution in [0.1, 0.15) is 29.5 Å². The Bertz CT molecular complexity index is 1490. The van der Waals surface area contributed by atoms with E-state index in [1.807, 2.05) is 43.7 Å². The maximum atomic E-state index is 13.8. The van der Waals surface area contributed by atoms with E-state index >= 15 is 0 Å². The first-order valence-electron chi connectivity index (χ1n) is 11.4. The van der Waals surface area contributed by atoms with Crippen LogP contribution in [0, 0.1) is 13.8 Å². The van der Waals surface area contributed by atoms with Gasteiger partial charge in [-0.15, -0.1) is 0 Å². The Hall–Kier alpha value is -3.32. The molecule has 3 heterocycles. The number of hydrogen-bond acceptors (Lipinski definition) is 4. The molecular weight excluding hydrogens is 418 g/mol. The van der Waals surface area contributed by atoms with E-state index in [1.165, 1.54) is 4.57 Å². The third-order valence-corrected chi connectivity index (χ3v) is 6.80. The fourth-order valence-electron chi connectivity index (χ4n) is 4.95. The van der Waals surface area contributed by atoms with Crippen LogP contribution in [-0.2, 0) is 24.9 Å². The van der Waals surface area contributed by atoms with Gasteiger partial charge in [0.25, 0.3) is 5.56 Å². The van der Waals surface area contributed by atoms with Crippen LogP contribution in [0.2, 0.25) is 0 Å². The SMILES string of the molecule is COc1ccc2c(c1)c1c(c(=O)n(CC3CCCO3)c(=O)n1Cc1cc(C)ccc1C)n2C. The maximum absolute atomic E-state index is 13.8. The molecule has 0 saturated carbocycles. The van der Waals surface area contributed by atoms with Gasteiger partial charge in [0.15, 0.2) is 0 Å². The highest BCUT2D eigenvalue weighted by molar-refractivity contribution is 6.06. The molecule has 0 spiro atoms. The fraction of sp³-hybridized carbons (Fsp3) is 0.385. The summed E-state index contributed by atoms with van der Waals surface area (Å²) in [5.41, 5.74) is 4.75. The molecule has 0 aliphatic carbocycles. The highest BCUT2D eigenvalue weighted by atomic mass is 16.5. The van der Waals surface area contributed by atoms with E-state index < -0.39 is 0 Å². The molecule has 0 amide bonds. The molecule has 1 unspecified atom stereocenters. The molecule has 1 aliphatic rings. The van der Waals surface area contributed by atoms with Gasteiger partial charge in [-0.3, -0.25) is 13.9 Å². The van der Waals surface area contributed by atoms with E-state index in [0.29, 0.717) is 29.9 Å². The van der Waals surface area contributed by atoms with Crippen molar-refractivity contribution in [2.45, 2.75) is 45.9 Å². The van der Waals surface area contributed by atoms with Gasteiger partial charge in [0.1, 0.15) is 11.3 Å².